The molecule has 0 radical (unpaired) electrons. The Morgan fingerprint density at radius 1 is 1.67 bits per heavy atom. The zero-order chi connectivity index (χ0) is 4.12. The minimum Gasteiger partial charge on any atom is -0.0881 e. The first kappa shape index (κ1) is 9.85. The van der Waals surface area contributed by atoms with E-state index in [2.05, 4.69) is 14.7 Å². The topological polar surface area (TPSA) is 0 Å². The molecule has 0 aliphatic heterocycles. The van der Waals surface area contributed by atoms with Crippen LogP contribution < -0.4 is 0 Å². The smallest absolute Gasteiger partial charge is 0.0776 e. The monoisotopic (exact) mass is 124 g/mol. The largest absolute Gasteiger partial charge is 0.0881 e. The van der Waals surface area contributed by atoms with Gasteiger partial charge in [-0.3, -0.25) is 0 Å². The van der Waals surface area contributed by atoms with Crippen molar-refractivity contribution in [3.8, 4) is 0 Å². The van der Waals surface area contributed by atoms with Gasteiger partial charge in [0.05, 0.1) is 22.0 Å². The number of hydrogen-bond acceptors (Lipinski definition) is 0. The summed E-state index contributed by atoms with van der Waals surface area (Å²) in [6.45, 7) is 2.21. The second-order valence-electron chi connectivity index (χ2n) is 1.35. The van der Waals surface area contributed by atoms with Crippen LogP contribution in [0.1, 0.15) is 6.92 Å². The van der Waals surface area contributed by atoms with Crippen molar-refractivity contribution in [1.29, 1.82) is 0 Å². The zero-order valence-corrected chi connectivity index (χ0v) is 5.43. The third-order valence-electron chi connectivity index (χ3n) is 0.707. The Labute approximate surface area is 52.2 Å². The average Bonchev–Trinajstić information content (AvgIpc) is 1.41. The van der Waals surface area contributed by atoms with E-state index in [4.69, 9.17) is 0 Å². The predicted molar refractivity (Wildman–Crippen MR) is 33.3 cm³/mol. The summed E-state index contributed by atoms with van der Waals surface area (Å²) < 4.78 is 0. The van der Waals surface area contributed by atoms with Crippen LogP contribution in [0.4, 0.5) is 0 Å². The van der Waals surface area contributed by atoms with Gasteiger partial charge in [-0.1, -0.05) is 13.2 Å². The Kier molecular flexibility index (Phi) is 15.1. The van der Waals surface area contributed by atoms with Crippen molar-refractivity contribution in [3.63, 3.8) is 0 Å². The Bertz CT molecular complexity index is 16.3. The first-order valence-electron chi connectivity index (χ1n) is 2.41. The summed E-state index contributed by atoms with van der Waals surface area (Å²) in [6.07, 6.45) is 1.34. The van der Waals surface area contributed by atoms with Gasteiger partial charge in [0.2, 0.25) is 0 Å². The Morgan fingerprint density at radius 2 is 2.17 bits per heavy atom. The summed E-state index contributed by atoms with van der Waals surface area (Å²) in [5.41, 5.74) is 0. The molecule has 0 amide bonds. The summed E-state index contributed by atoms with van der Waals surface area (Å²) in [6, 6.07) is 0. The van der Waals surface area contributed by atoms with Gasteiger partial charge in [0.1, 0.15) is 0 Å². The molecule has 0 rings (SSSR count). The van der Waals surface area contributed by atoms with Gasteiger partial charge in [-0.05, 0) is 0 Å². The minimum atomic E-state index is 0. The molecule has 0 heterocycles. The summed E-state index contributed by atoms with van der Waals surface area (Å²) in [4.78, 5) is 0. The first-order valence-corrected chi connectivity index (χ1v) is 2.41. The predicted octanol–water partition coefficient (Wildman–Crippen LogP) is -1.24. The normalized spacial score (nSPS) is 5.50. The van der Waals surface area contributed by atoms with Crippen LogP contribution in [0.2, 0.25) is 6.32 Å². The maximum Gasteiger partial charge on any atom is 0.0776 e. The molecule has 0 nitrogen and oxygen atoms in total. The molecule has 0 unspecified atom stereocenters. The van der Waals surface area contributed by atoms with E-state index in [0.29, 0.717) is 0 Å². The molecule has 0 saturated heterocycles. The fraction of sp³-hybridized carbons (Fsp3) is 1.00. The Morgan fingerprint density at radius 3 is 2.17 bits per heavy atom. The van der Waals surface area contributed by atoms with Crippen molar-refractivity contribution in [2.24, 2.45) is 0 Å². The van der Waals surface area contributed by atoms with Crippen LogP contribution in [0.3, 0.4) is 0 Å². The van der Waals surface area contributed by atoms with Crippen LogP contribution in [-0.4, -0.2) is 22.0 Å². The fourth-order valence-electron chi connectivity index (χ4n) is 0.354. The molecular formula is C2H9B3Ni. The van der Waals surface area contributed by atoms with Gasteiger partial charge in [0.15, 0.2) is 0 Å². The summed E-state index contributed by atoms with van der Waals surface area (Å²) in [7, 11) is 4.94. The van der Waals surface area contributed by atoms with Crippen molar-refractivity contribution in [2.45, 2.75) is 13.2 Å². The Balaban J connectivity index is 0. The van der Waals surface area contributed by atoms with Crippen LogP contribution in [-0.2, 0) is 16.5 Å². The second-order valence-corrected chi connectivity index (χ2v) is 1.35. The van der Waals surface area contributed by atoms with Crippen molar-refractivity contribution < 1.29 is 16.5 Å². The second kappa shape index (κ2) is 9.19. The maximum absolute atomic E-state index is 2.21. The molecule has 0 fully saturated rings. The van der Waals surface area contributed by atoms with Gasteiger partial charge in [-0.25, -0.2) is 0 Å². The molecule has 0 aromatic carbocycles. The van der Waals surface area contributed by atoms with Crippen LogP contribution >= 0.6 is 0 Å². The average molecular weight is 124 g/mol. The molecule has 0 aliphatic carbocycles. The van der Waals surface area contributed by atoms with Gasteiger partial charge >= 0.3 is 0 Å². The van der Waals surface area contributed by atoms with Gasteiger partial charge < -0.3 is 0 Å². The van der Waals surface area contributed by atoms with E-state index in [9.17, 15) is 0 Å². The summed E-state index contributed by atoms with van der Waals surface area (Å²) in [5, 5.41) is 0. The van der Waals surface area contributed by atoms with E-state index in [-0.39, 0.29) is 16.5 Å². The molecule has 0 bridgehead atoms. The molecule has 36 valence electrons. The molecule has 0 N–H and O–H groups in total. The van der Waals surface area contributed by atoms with Crippen LogP contribution in [0.15, 0.2) is 0 Å². The van der Waals surface area contributed by atoms with E-state index < -0.39 is 0 Å². The number of hydrogen-bond donors (Lipinski definition) is 0. The van der Waals surface area contributed by atoms with Gasteiger partial charge in [-0.2, -0.15) is 0 Å². The van der Waals surface area contributed by atoms with Crippen LogP contribution in [0.25, 0.3) is 0 Å². The van der Waals surface area contributed by atoms with Crippen molar-refractivity contribution in [2.75, 3.05) is 0 Å². The molecule has 0 aromatic rings. The van der Waals surface area contributed by atoms with E-state index in [1.54, 1.807) is 0 Å². The molecule has 0 atom stereocenters. The van der Waals surface area contributed by atoms with E-state index in [0.717, 1.165) is 0 Å². The van der Waals surface area contributed by atoms with Crippen LogP contribution in [0.5, 0.6) is 0 Å². The standard InChI is InChI=1S/C2H9B3.Ni/c1-2-4-5-3;/h4-5H,2-3H2,1H3;. The first-order chi connectivity index (χ1) is 2.41. The van der Waals surface area contributed by atoms with E-state index in [1.165, 1.54) is 20.6 Å². The molecule has 6 heavy (non-hydrogen) atoms. The third kappa shape index (κ3) is 8.82. The quantitative estimate of drug-likeness (QED) is 0.404. The van der Waals surface area contributed by atoms with E-state index in [1.807, 2.05) is 0 Å². The zero-order valence-electron chi connectivity index (χ0n) is 4.44. The fourth-order valence-corrected chi connectivity index (χ4v) is 0.354. The minimum absolute atomic E-state index is 0. The van der Waals surface area contributed by atoms with Gasteiger partial charge in [-0.15, -0.1) is 0 Å². The molecule has 0 spiro atoms. The SMILES string of the molecule is BBBCC.[Ni]. The maximum atomic E-state index is 2.21. The van der Waals surface area contributed by atoms with Crippen molar-refractivity contribution in [1.82, 2.24) is 0 Å². The van der Waals surface area contributed by atoms with E-state index >= 15 is 0 Å². The molecule has 0 saturated carbocycles. The molecule has 0 aromatic heterocycles. The molecular weight excluding hydrogens is 115 g/mol. The summed E-state index contributed by atoms with van der Waals surface area (Å²) >= 11 is 0. The Hall–Kier alpha value is 0.688. The summed E-state index contributed by atoms with van der Waals surface area (Å²) in [5.74, 6) is 0. The third-order valence-corrected chi connectivity index (χ3v) is 0.707. The molecule has 4 heteroatoms. The van der Waals surface area contributed by atoms with Gasteiger partial charge in [0.25, 0.3) is 0 Å². The molecule has 0 aliphatic rings. The van der Waals surface area contributed by atoms with Crippen molar-refractivity contribution >= 4 is 22.0 Å². The van der Waals surface area contributed by atoms with Crippen LogP contribution in [0, 0.1) is 0 Å². The van der Waals surface area contributed by atoms with Gasteiger partial charge in [0, 0.05) is 16.5 Å². The number of rotatable bonds is 2. The van der Waals surface area contributed by atoms with Crippen molar-refractivity contribution in [3.05, 3.63) is 0 Å².